The number of Topliss-reactive ketones (excluding diaryl/α,β-unsaturated/α-hetero) is 1. The van der Waals surface area contributed by atoms with Crippen molar-refractivity contribution in [3.05, 3.63) is 76.4 Å². The van der Waals surface area contributed by atoms with Crippen molar-refractivity contribution >= 4 is 15.8 Å². The number of fused-ring (bicyclic) bond motifs is 1. The highest BCUT2D eigenvalue weighted by atomic mass is 32.2. The van der Waals surface area contributed by atoms with Gasteiger partial charge in [0.1, 0.15) is 0 Å². The molecule has 3 rings (SSSR count). The van der Waals surface area contributed by atoms with Crippen LogP contribution in [-0.4, -0.2) is 14.2 Å². The van der Waals surface area contributed by atoms with E-state index in [2.05, 4.69) is 18.6 Å². The summed E-state index contributed by atoms with van der Waals surface area (Å²) in [4.78, 5) is 13.7. The molecule has 4 nitrogen and oxygen atoms in total. The van der Waals surface area contributed by atoms with Crippen LogP contribution in [0.5, 0.6) is 0 Å². The molecule has 0 heterocycles. The van der Waals surface area contributed by atoms with Crippen molar-refractivity contribution in [2.24, 2.45) is 5.92 Å². The van der Waals surface area contributed by atoms with Crippen LogP contribution in [0.15, 0.2) is 64.6 Å². The van der Waals surface area contributed by atoms with E-state index in [0.29, 0.717) is 18.4 Å². The average molecular weight is 426 g/mol. The predicted molar refractivity (Wildman–Crippen MR) is 121 cm³/mol. The van der Waals surface area contributed by atoms with Gasteiger partial charge in [0.15, 0.2) is 5.78 Å². The Kier molecular flexibility index (Phi) is 6.94. The Bertz CT molecular complexity index is 1050. The smallest absolute Gasteiger partial charge is 0.241 e. The molecule has 0 aromatic heterocycles. The second kappa shape index (κ2) is 9.27. The third-order valence-corrected chi connectivity index (χ3v) is 7.60. The first kappa shape index (κ1) is 22.4. The number of nitrogens with one attached hydrogen (secondary N) is 1. The minimum absolute atomic E-state index is 0.0302. The largest absolute Gasteiger partial charge is 0.289 e. The number of allylic oxidation sites excluding steroid dienone is 2. The predicted octanol–water partition coefficient (Wildman–Crippen LogP) is 5.74. The summed E-state index contributed by atoms with van der Waals surface area (Å²) in [5.41, 5.74) is 4.42. The summed E-state index contributed by atoms with van der Waals surface area (Å²) in [5, 5.41) is 0. The fraction of sp³-hybridized carbons (Fsp3) is 0.400. The van der Waals surface area contributed by atoms with E-state index in [1.54, 1.807) is 24.3 Å². The van der Waals surface area contributed by atoms with Crippen molar-refractivity contribution in [2.75, 3.05) is 0 Å². The molecule has 0 unspecified atom stereocenters. The zero-order valence-corrected chi connectivity index (χ0v) is 19.1. The molecule has 1 aliphatic carbocycles. The Morgan fingerprint density at radius 1 is 0.967 bits per heavy atom. The van der Waals surface area contributed by atoms with Gasteiger partial charge in [-0.2, -0.15) is 0 Å². The Labute approximate surface area is 180 Å². The lowest BCUT2D eigenvalue weighted by molar-refractivity contribution is 0.102. The molecule has 30 heavy (non-hydrogen) atoms. The van der Waals surface area contributed by atoms with Crippen LogP contribution in [0, 0.1) is 12.8 Å². The molecule has 0 aliphatic heterocycles. The highest BCUT2D eigenvalue weighted by Crippen LogP contribution is 2.38. The molecule has 5 heteroatoms. The van der Waals surface area contributed by atoms with E-state index in [1.165, 1.54) is 5.57 Å². The van der Waals surface area contributed by atoms with Gasteiger partial charge in [0, 0.05) is 11.6 Å². The second-order valence-corrected chi connectivity index (χ2v) is 9.67. The molecule has 1 aliphatic rings. The summed E-state index contributed by atoms with van der Waals surface area (Å²) in [6.45, 7) is 8.14. The third kappa shape index (κ3) is 4.42. The van der Waals surface area contributed by atoms with Gasteiger partial charge in [-0.3, -0.25) is 4.79 Å². The van der Waals surface area contributed by atoms with Gasteiger partial charge in [-0.1, -0.05) is 68.3 Å². The van der Waals surface area contributed by atoms with Crippen LogP contribution in [0.2, 0.25) is 0 Å². The monoisotopic (exact) mass is 425 g/mol. The molecule has 160 valence electrons. The van der Waals surface area contributed by atoms with E-state index >= 15 is 0 Å². The Morgan fingerprint density at radius 2 is 1.63 bits per heavy atom. The first-order chi connectivity index (χ1) is 14.3. The third-order valence-electron chi connectivity index (χ3n) is 6.11. The maximum absolute atomic E-state index is 13.4. The minimum Gasteiger partial charge on any atom is -0.289 e. The molecular weight excluding hydrogens is 394 g/mol. The molecule has 0 bridgehead atoms. The van der Waals surface area contributed by atoms with Crippen LogP contribution in [0.4, 0.5) is 0 Å². The number of aryl methyl sites for hydroxylation is 1. The number of benzene rings is 2. The van der Waals surface area contributed by atoms with Gasteiger partial charge in [0.2, 0.25) is 10.0 Å². The summed E-state index contributed by atoms with van der Waals surface area (Å²) in [7, 11) is -3.72. The summed E-state index contributed by atoms with van der Waals surface area (Å²) in [5.74, 6) is 0.190. The Hall–Kier alpha value is -2.24. The Morgan fingerprint density at radius 3 is 2.23 bits per heavy atom. The topological polar surface area (TPSA) is 63.2 Å². The molecule has 2 aromatic carbocycles. The van der Waals surface area contributed by atoms with Crippen LogP contribution < -0.4 is 4.72 Å². The van der Waals surface area contributed by atoms with Gasteiger partial charge >= 0.3 is 0 Å². The molecule has 0 saturated heterocycles. The molecule has 0 amide bonds. The molecule has 0 spiro atoms. The van der Waals surface area contributed by atoms with E-state index in [0.717, 1.165) is 29.5 Å². The van der Waals surface area contributed by atoms with Crippen molar-refractivity contribution in [1.29, 1.82) is 0 Å². The highest BCUT2D eigenvalue weighted by molar-refractivity contribution is 7.89. The molecule has 0 radical (unpaired) electrons. The van der Waals surface area contributed by atoms with Gasteiger partial charge in [-0.05, 0) is 61.8 Å². The molecule has 2 atom stereocenters. The van der Waals surface area contributed by atoms with E-state index in [1.807, 2.05) is 38.1 Å². The van der Waals surface area contributed by atoms with Gasteiger partial charge < -0.3 is 0 Å². The number of carbonyl (C=O) groups excluding carboxylic acids is 1. The molecular formula is C25H31NO3S. The maximum atomic E-state index is 13.4. The summed E-state index contributed by atoms with van der Waals surface area (Å²) in [6.07, 6.45) is 2.99. The highest BCUT2D eigenvalue weighted by Gasteiger charge is 2.32. The fourth-order valence-electron chi connectivity index (χ4n) is 4.50. The van der Waals surface area contributed by atoms with Gasteiger partial charge in [0.05, 0.1) is 4.90 Å². The van der Waals surface area contributed by atoms with E-state index in [9.17, 15) is 13.2 Å². The SMILES string of the molecule is CC/C1=C(\CC)[C@@H](CC)C[C@H](NS(=O)(=O)c2ccc(C)cc2)c2ccccc2C1=O. The van der Waals surface area contributed by atoms with Crippen LogP contribution in [0.1, 0.15) is 74.0 Å². The quantitative estimate of drug-likeness (QED) is 0.641. The van der Waals surface area contributed by atoms with E-state index in [4.69, 9.17) is 0 Å². The molecule has 2 aromatic rings. The van der Waals surface area contributed by atoms with Crippen LogP contribution >= 0.6 is 0 Å². The number of hydrogen-bond acceptors (Lipinski definition) is 3. The lowest BCUT2D eigenvalue weighted by atomic mass is 9.77. The second-order valence-electron chi connectivity index (χ2n) is 7.96. The van der Waals surface area contributed by atoms with Crippen molar-refractivity contribution in [1.82, 2.24) is 4.72 Å². The number of carbonyl (C=O) groups is 1. The normalized spacial score (nSPS) is 22.3. The van der Waals surface area contributed by atoms with Crippen LogP contribution in [-0.2, 0) is 10.0 Å². The fourth-order valence-corrected chi connectivity index (χ4v) is 5.73. The zero-order valence-electron chi connectivity index (χ0n) is 18.2. The summed E-state index contributed by atoms with van der Waals surface area (Å²) >= 11 is 0. The van der Waals surface area contributed by atoms with Crippen molar-refractivity contribution in [3.63, 3.8) is 0 Å². The van der Waals surface area contributed by atoms with Gasteiger partial charge in [-0.25, -0.2) is 13.1 Å². The number of ketones is 1. The summed E-state index contributed by atoms with van der Waals surface area (Å²) < 4.78 is 29.2. The van der Waals surface area contributed by atoms with Crippen LogP contribution in [0.3, 0.4) is 0 Å². The molecule has 0 fully saturated rings. The molecule has 1 N–H and O–H groups in total. The van der Waals surface area contributed by atoms with Crippen molar-refractivity contribution < 1.29 is 13.2 Å². The van der Waals surface area contributed by atoms with Crippen LogP contribution in [0.25, 0.3) is 0 Å². The Balaban J connectivity index is 2.11. The van der Waals surface area contributed by atoms with Crippen molar-refractivity contribution in [2.45, 2.75) is 64.3 Å². The number of sulfonamides is 1. The standard InChI is InChI=1S/C25H31NO3S/c1-5-18-16-24(26-30(28,29)19-14-12-17(4)13-15-19)22-10-8-9-11-23(22)25(27)21(7-3)20(18)6-2/h8-15,18,24,26H,5-7,16H2,1-4H3/b21-20-/t18-,24-/m0/s1. The number of rotatable bonds is 6. The lowest BCUT2D eigenvalue weighted by Crippen LogP contribution is -2.33. The average Bonchev–Trinajstić information content (AvgIpc) is 2.74. The maximum Gasteiger partial charge on any atom is 0.241 e. The first-order valence-electron chi connectivity index (χ1n) is 10.8. The first-order valence-corrected chi connectivity index (χ1v) is 12.2. The lowest BCUT2D eigenvalue weighted by Gasteiger charge is -2.31. The van der Waals surface area contributed by atoms with Crippen molar-refractivity contribution in [3.8, 4) is 0 Å². The van der Waals surface area contributed by atoms with E-state index in [-0.39, 0.29) is 16.6 Å². The minimum atomic E-state index is -3.72. The van der Waals surface area contributed by atoms with Gasteiger partial charge in [-0.15, -0.1) is 0 Å². The molecule has 0 saturated carbocycles. The summed E-state index contributed by atoms with van der Waals surface area (Å²) in [6, 6.07) is 13.8. The number of hydrogen-bond donors (Lipinski definition) is 1. The van der Waals surface area contributed by atoms with E-state index < -0.39 is 16.1 Å². The zero-order chi connectivity index (χ0) is 21.9. The van der Waals surface area contributed by atoms with Gasteiger partial charge in [0.25, 0.3) is 0 Å².